The quantitative estimate of drug-likeness (QED) is 0.595. The van der Waals surface area contributed by atoms with Crippen molar-refractivity contribution in [2.24, 2.45) is 0 Å². The van der Waals surface area contributed by atoms with Crippen LogP contribution in [-0.4, -0.2) is 44.0 Å². The number of nitrogens with zero attached hydrogens (tertiary/aromatic N) is 1. The topological polar surface area (TPSA) is 58.6 Å². The van der Waals surface area contributed by atoms with Crippen LogP contribution in [0.4, 0.5) is 5.69 Å². The fraction of sp³-hybridized carbons (Fsp3) is 0.259. The van der Waals surface area contributed by atoms with Crippen LogP contribution < -0.4 is 10.2 Å². The molecule has 1 N–H and O–H groups in total. The maximum absolute atomic E-state index is 13.5. The summed E-state index contributed by atoms with van der Waals surface area (Å²) >= 11 is 0. The van der Waals surface area contributed by atoms with Gasteiger partial charge in [0.15, 0.2) is 5.78 Å². The van der Waals surface area contributed by atoms with Crippen LogP contribution in [0.5, 0.6) is 0 Å². The van der Waals surface area contributed by atoms with Crippen molar-refractivity contribution >= 4 is 17.4 Å². The molecule has 1 heterocycles. The lowest BCUT2D eigenvalue weighted by molar-refractivity contribution is -0.120. The van der Waals surface area contributed by atoms with E-state index < -0.39 is 6.04 Å². The Morgan fingerprint density at radius 2 is 1.47 bits per heavy atom. The molecule has 1 fully saturated rings. The first-order valence-electron chi connectivity index (χ1n) is 11.0. The Kier molecular flexibility index (Phi) is 7.31. The fourth-order valence-electron chi connectivity index (χ4n) is 4.01. The van der Waals surface area contributed by atoms with Gasteiger partial charge in [-0.15, -0.1) is 0 Å². The van der Waals surface area contributed by atoms with E-state index >= 15 is 0 Å². The third-order valence-electron chi connectivity index (χ3n) is 5.72. The standard InChI is InChI=1S/C27H28N2O3/c30-26(20-23-13-7-8-14-25(23)29-15-17-32-18-16-29)24(19-21-9-3-1-4-10-21)28-27(31)22-11-5-2-6-12-22/h1-14,24H,15-20H2,(H,28,31). The predicted octanol–water partition coefficient (Wildman–Crippen LogP) is 3.68. The van der Waals surface area contributed by atoms with Gasteiger partial charge >= 0.3 is 0 Å². The normalized spacial score (nSPS) is 14.6. The zero-order valence-corrected chi connectivity index (χ0v) is 18.1. The Labute approximate surface area is 189 Å². The smallest absolute Gasteiger partial charge is 0.251 e. The maximum Gasteiger partial charge on any atom is 0.251 e. The van der Waals surface area contributed by atoms with Crippen molar-refractivity contribution in [2.45, 2.75) is 18.9 Å². The number of para-hydroxylation sites is 1. The van der Waals surface area contributed by atoms with Gasteiger partial charge in [-0.25, -0.2) is 0 Å². The molecule has 1 atom stereocenters. The molecular formula is C27H28N2O3. The molecule has 32 heavy (non-hydrogen) atoms. The number of anilines is 1. The van der Waals surface area contributed by atoms with Crippen LogP contribution in [-0.2, 0) is 22.4 Å². The van der Waals surface area contributed by atoms with Crippen LogP contribution in [0.2, 0.25) is 0 Å². The monoisotopic (exact) mass is 428 g/mol. The number of Topliss-reactive ketones (excluding diaryl/α,β-unsaturated/α-hetero) is 1. The highest BCUT2D eigenvalue weighted by atomic mass is 16.5. The van der Waals surface area contributed by atoms with Gasteiger partial charge in [0.1, 0.15) is 0 Å². The summed E-state index contributed by atoms with van der Waals surface area (Å²) in [4.78, 5) is 28.6. The van der Waals surface area contributed by atoms with Crippen molar-refractivity contribution in [3.8, 4) is 0 Å². The minimum atomic E-state index is -0.608. The van der Waals surface area contributed by atoms with Crippen LogP contribution in [0, 0.1) is 0 Å². The zero-order valence-electron chi connectivity index (χ0n) is 18.1. The molecule has 0 aromatic heterocycles. The van der Waals surface area contributed by atoms with Gasteiger partial charge in [-0.2, -0.15) is 0 Å². The lowest BCUT2D eigenvalue weighted by Crippen LogP contribution is -2.43. The molecule has 0 radical (unpaired) electrons. The van der Waals surface area contributed by atoms with Crippen LogP contribution in [0.25, 0.3) is 0 Å². The van der Waals surface area contributed by atoms with E-state index in [-0.39, 0.29) is 18.1 Å². The van der Waals surface area contributed by atoms with Gasteiger partial charge in [0, 0.05) is 30.8 Å². The number of ketones is 1. The molecule has 5 nitrogen and oxygen atoms in total. The summed E-state index contributed by atoms with van der Waals surface area (Å²) in [5.74, 6) is -0.236. The number of carbonyl (C=O) groups is 2. The molecule has 0 spiro atoms. The molecule has 1 amide bonds. The summed E-state index contributed by atoms with van der Waals surface area (Å²) in [6, 6.07) is 26.2. The summed E-state index contributed by atoms with van der Waals surface area (Å²) < 4.78 is 5.48. The van der Waals surface area contributed by atoms with E-state index in [1.807, 2.05) is 66.7 Å². The van der Waals surface area contributed by atoms with Crippen molar-refractivity contribution in [1.29, 1.82) is 0 Å². The molecule has 1 aliphatic heterocycles. The lowest BCUT2D eigenvalue weighted by atomic mass is 9.96. The van der Waals surface area contributed by atoms with E-state index in [1.165, 1.54) is 0 Å². The molecule has 3 aromatic rings. The number of morpholine rings is 1. The molecule has 0 saturated carbocycles. The van der Waals surface area contributed by atoms with Gasteiger partial charge in [0.05, 0.1) is 19.3 Å². The summed E-state index contributed by atoms with van der Waals surface area (Å²) in [6.07, 6.45) is 0.720. The summed E-state index contributed by atoms with van der Waals surface area (Å²) in [6.45, 7) is 2.99. The van der Waals surface area contributed by atoms with Crippen LogP contribution >= 0.6 is 0 Å². The molecule has 5 heteroatoms. The van der Waals surface area contributed by atoms with E-state index in [2.05, 4.69) is 16.3 Å². The van der Waals surface area contributed by atoms with E-state index in [9.17, 15) is 9.59 Å². The van der Waals surface area contributed by atoms with Gasteiger partial charge in [0.2, 0.25) is 0 Å². The highest BCUT2D eigenvalue weighted by Crippen LogP contribution is 2.23. The zero-order chi connectivity index (χ0) is 22.2. The largest absolute Gasteiger partial charge is 0.378 e. The van der Waals surface area contributed by atoms with Gasteiger partial charge in [0.25, 0.3) is 5.91 Å². The Morgan fingerprint density at radius 1 is 0.844 bits per heavy atom. The number of ether oxygens (including phenoxy) is 1. The Balaban J connectivity index is 1.54. The van der Waals surface area contributed by atoms with Crippen LogP contribution in [0.3, 0.4) is 0 Å². The second-order valence-electron chi connectivity index (χ2n) is 7.95. The number of hydrogen-bond acceptors (Lipinski definition) is 4. The van der Waals surface area contributed by atoms with Gasteiger partial charge in [-0.05, 0) is 35.7 Å². The Hall–Kier alpha value is -3.44. The van der Waals surface area contributed by atoms with Crippen molar-refractivity contribution in [1.82, 2.24) is 5.32 Å². The predicted molar refractivity (Wildman–Crippen MR) is 126 cm³/mol. The number of benzene rings is 3. The molecule has 1 aliphatic rings. The molecule has 164 valence electrons. The highest BCUT2D eigenvalue weighted by Gasteiger charge is 2.24. The van der Waals surface area contributed by atoms with E-state index in [1.54, 1.807) is 12.1 Å². The summed E-state index contributed by atoms with van der Waals surface area (Å²) in [5.41, 5.74) is 3.61. The van der Waals surface area contributed by atoms with Crippen molar-refractivity contribution in [2.75, 3.05) is 31.2 Å². The molecule has 0 bridgehead atoms. The maximum atomic E-state index is 13.5. The number of carbonyl (C=O) groups excluding carboxylic acids is 2. The minimum Gasteiger partial charge on any atom is -0.378 e. The fourth-order valence-corrected chi connectivity index (χ4v) is 4.01. The van der Waals surface area contributed by atoms with E-state index in [0.29, 0.717) is 25.2 Å². The molecule has 0 aliphatic carbocycles. The van der Waals surface area contributed by atoms with Crippen molar-refractivity contribution < 1.29 is 14.3 Å². The van der Waals surface area contributed by atoms with Gasteiger partial charge < -0.3 is 15.0 Å². The van der Waals surface area contributed by atoms with Gasteiger partial charge in [-0.3, -0.25) is 9.59 Å². The van der Waals surface area contributed by atoms with Crippen molar-refractivity contribution in [3.05, 3.63) is 102 Å². The van der Waals surface area contributed by atoms with Crippen LogP contribution in [0.1, 0.15) is 21.5 Å². The van der Waals surface area contributed by atoms with Crippen LogP contribution in [0.15, 0.2) is 84.9 Å². The van der Waals surface area contributed by atoms with Crippen molar-refractivity contribution in [3.63, 3.8) is 0 Å². The first-order chi connectivity index (χ1) is 15.7. The molecule has 4 rings (SSSR count). The number of rotatable bonds is 8. The highest BCUT2D eigenvalue weighted by molar-refractivity contribution is 5.98. The number of nitrogens with one attached hydrogen (secondary N) is 1. The van der Waals surface area contributed by atoms with Gasteiger partial charge in [-0.1, -0.05) is 66.7 Å². The first-order valence-corrected chi connectivity index (χ1v) is 11.0. The third kappa shape index (κ3) is 5.62. The molecule has 1 saturated heterocycles. The Bertz CT molecular complexity index is 1030. The summed E-state index contributed by atoms with van der Waals surface area (Å²) in [7, 11) is 0. The van der Waals surface area contributed by atoms with E-state index in [4.69, 9.17) is 4.74 Å². The molecular weight excluding hydrogens is 400 g/mol. The second kappa shape index (κ2) is 10.7. The average Bonchev–Trinajstić information content (AvgIpc) is 2.85. The number of amides is 1. The third-order valence-corrected chi connectivity index (χ3v) is 5.72. The number of hydrogen-bond donors (Lipinski definition) is 1. The second-order valence-corrected chi connectivity index (χ2v) is 7.95. The molecule has 1 unspecified atom stereocenters. The lowest BCUT2D eigenvalue weighted by Gasteiger charge is -2.30. The Morgan fingerprint density at radius 3 is 2.19 bits per heavy atom. The van der Waals surface area contributed by atoms with E-state index in [0.717, 1.165) is 29.9 Å². The average molecular weight is 429 g/mol. The molecule has 3 aromatic carbocycles. The minimum absolute atomic E-state index is 0.00107. The SMILES string of the molecule is O=C(NC(Cc1ccccc1)C(=O)Cc1ccccc1N1CCOCC1)c1ccccc1. The first kappa shape index (κ1) is 21.8. The summed E-state index contributed by atoms with van der Waals surface area (Å²) in [5, 5.41) is 2.98.